The van der Waals surface area contributed by atoms with Crippen molar-refractivity contribution >= 4 is 5.91 Å². The molecule has 198 valence electrons. The lowest BCUT2D eigenvalue weighted by Gasteiger charge is -2.17. The van der Waals surface area contributed by atoms with Crippen molar-refractivity contribution in [3.8, 4) is 22.9 Å². The Hall–Kier alpha value is -4.04. The molecule has 0 saturated carbocycles. The third kappa shape index (κ3) is 7.72. The first-order valence-electron chi connectivity index (χ1n) is 10.2. The first-order chi connectivity index (χ1) is 17.2. The van der Waals surface area contributed by atoms with Crippen molar-refractivity contribution in [3.63, 3.8) is 0 Å². The van der Waals surface area contributed by atoms with E-state index in [1.807, 2.05) is 0 Å². The zero-order valence-electron chi connectivity index (χ0n) is 18.6. The number of carbonyl (C=O) groups is 1. The van der Waals surface area contributed by atoms with Crippen LogP contribution in [-0.2, 0) is 6.18 Å². The largest absolute Gasteiger partial charge is 0.483 e. The van der Waals surface area contributed by atoms with E-state index in [-0.39, 0.29) is 22.8 Å². The maximum atomic E-state index is 13.2. The van der Waals surface area contributed by atoms with Crippen molar-refractivity contribution in [1.82, 2.24) is 20.3 Å². The summed E-state index contributed by atoms with van der Waals surface area (Å²) in [6.45, 7) is -3.51. The lowest BCUT2D eigenvalue weighted by atomic mass is 10.1. The number of halogens is 8. The van der Waals surface area contributed by atoms with Gasteiger partial charge in [0, 0.05) is 18.0 Å². The molecule has 0 spiro atoms. The predicted octanol–water partition coefficient (Wildman–Crippen LogP) is 5.59. The summed E-state index contributed by atoms with van der Waals surface area (Å²) in [5.41, 5.74) is -1.60. The molecule has 0 radical (unpaired) electrons. The van der Waals surface area contributed by atoms with Gasteiger partial charge in [0.25, 0.3) is 5.91 Å². The van der Waals surface area contributed by atoms with Gasteiger partial charge in [-0.1, -0.05) is 0 Å². The number of amides is 1. The molecule has 1 aromatic carbocycles. The van der Waals surface area contributed by atoms with Crippen LogP contribution < -0.4 is 14.8 Å². The number of benzene rings is 1. The lowest BCUT2D eigenvalue weighted by Crippen LogP contribution is -2.28. The molecule has 0 saturated heterocycles. The number of carbonyl (C=O) groups excluding carboxylic acids is 1. The number of nitrogens with zero attached hydrogens (tertiary/aromatic N) is 3. The van der Waals surface area contributed by atoms with Gasteiger partial charge in [0.05, 0.1) is 29.2 Å². The predicted molar refractivity (Wildman–Crippen MR) is 111 cm³/mol. The number of pyridine rings is 1. The van der Waals surface area contributed by atoms with Crippen LogP contribution in [0.15, 0.2) is 48.9 Å². The molecule has 1 unspecified atom stereocenters. The highest BCUT2D eigenvalue weighted by molar-refractivity contribution is 5.95. The van der Waals surface area contributed by atoms with Crippen LogP contribution in [0.3, 0.4) is 0 Å². The molecule has 3 rings (SSSR count). The normalized spacial score (nSPS) is 12.8. The lowest BCUT2D eigenvalue weighted by molar-refractivity contribution is -0.153. The van der Waals surface area contributed by atoms with Crippen LogP contribution >= 0.6 is 0 Å². The number of hydrogen-bond donors (Lipinski definition) is 1. The van der Waals surface area contributed by atoms with Gasteiger partial charge < -0.3 is 14.8 Å². The Morgan fingerprint density at radius 2 is 1.68 bits per heavy atom. The molecule has 7 nitrogen and oxygen atoms in total. The van der Waals surface area contributed by atoms with Crippen LogP contribution in [0.25, 0.3) is 11.4 Å². The molecule has 0 aliphatic carbocycles. The Balaban J connectivity index is 1.83. The average Bonchev–Trinajstić information content (AvgIpc) is 2.81. The van der Waals surface area contributed by atoms with Crippen molar-refractivity contribution in [2.45, 2.75) is 31.9 Å². The second kappa shape index (κ2) is 10.9. The van der Waals surface area contributed by atoms with Gasteiger partial charge in [0.1, 0.15) is 17.2 Å². The molecule has 1 amide bonds. The maximum Gasteiger partial charge on any atom is 0.422 e. The van der Waals surface area contributed by atoms with E-state index in [1.165, 1.54) is 31.5 Å². The molecule has 0 bridgehead atoms. The summed E-state index contributed by atoms with van der Waals surface area (Å²) < 4.78 is 110. The molecule has 2 heterocycles. The van der Waals surface area contributed by atoms with Gasteiger partial charge in [0.15, 0.2) is 6.61 Å². The van der Waals surface area contributed by atoms with E-state index in [0.29, 0.717) is 12.1 Å². The smallest absolute Gasteiger partial charge is 0.422 e. The SMILES string of the molecule is CC(NC(=O)c1cc(OC(F)F)cc(C(F)(F)F)c1)c1nccnc1-c1ccc(OCC(F)(F)F)cn1. The number of hydrogen-bond acceptors (Lipinski definition) is 6. The second-order valence-corrected chi connectivity index (χ2v) is 7.39. The molecular weight excluding hydrogens is 520 g/mol. The molecule has 3 aromatic rings. The van der Waals surface area contributed by atoms with Gasteiger partial charge in [-0.2, -0.15) is 35.1 Å². The van der Waals surface area contributed by atoms with Crippen molar-refractivity contribution < 1.29 is 49.4 Å². The fraction of sp³-hybridized carbons (Fsp3) is 0.273. The number of aromatic nitrogens is 3. The van der Waals surface area contributed by atoms with Crippen molar-refractivity contribution in [1.29, 1.82) is 0 Å². The first-order valence-corrected chi connectivity index (χ1v) is 10.2. The fourth-order valence-electron chi connectivity index (χ4n) is 3.05. The fourth-order valence-corrected chi connectivity index (χ4v) is 3.05. The second-order valence-electron chi connectivity index (χ2n) is 7.39. The highest BCUT2D eigenvalue weighted by Gasteiger charge is 2.33. The standard InChI is InChI=1S/C22H16F8N4O3/c1-11(34-19(35)12-6-13(22(28,29)30)8-15(7-12)37-20(23)24)17-18(32-5-4-31-17)16-3-2-14(9-33-16)36-10-21(25,26)27/h2-9,11,20H,10H2,1H3,(H,34,35). The van der Waals surface area contributed by atoms with E-state index in [1.54, 1.807) is 0 Å². The third-order valence-corrected chi connectivity index (χ3v) is 4.59. The number of nitrogens with one attached hydrogen (secondary N) is 1. The molecule has 0 aliphatic rings. The summed E-state index contributed by atoms with van der Waals surface area (Å²) >= 11 is 0. The molecule has 15 heteroatoms. The molecule has 1 N–H and O–H groups in total. The highest BCUT2D eigenvalue weighted by atomic mass is 19.4. The van der Waals surface area contributed by atoms with Crippen LogP contribution in [0.2, 0.25) is 0 Å². The summed E-state index contributed by atoms with van der Waals surface area (Å²) in [6, 6.07) is 3.06. The quantitative estimate of drug-likeness (QED) is 0.378. The van der Waals surface area contributed by atoms with Gasteiger partial charge in [-0.15, -0.1) is 0 Å². The molecule has 2 aromatic heterocycles. The maximum absolute atomic E-state index is 13.2. The van der Waals surface area contributed by atoms with E-state index in [0.717, 1.165) is 12.3 Å². The summed E-state index contributed by atoms with van der Waals surface area (Å²) in [7, 11) is 0. The monoisotopic (exact) mass is 536 g/mol. The van der Waals surface area contributed by atoms with Gasteiger partial charge >= 0.3 is 19.0 Å². The van der Waals surface area contributed by atoms with E-state index >= 15 is 0 Å². The number of ether oxygens (including phenoxy) is 2. The van der Waals surface area contributed by atoms with Gasteiger partial charge in [0.2, 0.25) is 0 Å². The summed E-state index contributed by atoms with van der Waals surface area (Å²) in [5.74, 6) is -2.09. The van der Waals surface area contributed by atoms with E-state index < -0.39 is 54.4 Å². The van der Waals surface area contributed by atoms with E-state index in [9.17, 15) is 39.9 Å². The molecular formula is C22H16F8N4O3. The summed E-state index contributed by atoms with van der Waals surface area (Å²) in [5, 5.41) is 2.40. The van der Waals surface area contributed by atoms with Crippen molar-refractivity contribution in [2.75, 3.05) is 6.61 Å². The highest BCUT2D eigenvalue weighted by Crippen LogP contribution is 2.33. The van der Waals surface area contributed by atoms with Crippen LogP contribution in [0.1, 0.15) is 34.6 Å². The minimum atomic E-state index is -4.94. The zero-order valence-corrected chi connectivity index (χ0v) is 18.6. The average molecular weight is 536 g/mol. The summed E-state index contributed by atoms with van der Waals surface area (Å²) in [4.78, 5) is 24.9. The Labute approximate surface area is 203 Å². The summed E-state index contributed by atoms with van der Waals surface area (Å²) in [6.07, 6.45) is -5.92. The number of alkyl halides is 8. The van der Waals surface area contributed by atoms with Crippen LogP contribution in [-0.4, -0.2) is 40.3 Å². The third-order valence-electron chi connectivity index (χ3n) is 4.59. The molecule has 0 fully saturated rings. The Bertz CT molecular complexity index is 1230. The van der Waals surface area contributed by atoms with Gasteiger partial charge in [-0.05, 0) is 37.3 Å². The molecule has 0 aliphatic heterocycles. The van der Waals surface area contributed by atoms with Gasteiger partial charge in [-0.3, -0.25) is 19.7 Å². The minimum absolute atomic E-state index is 0.114. The van der Waals surface area contributed by atoms with E-state index in [4.69, 9.17) is 0 Å². The Morgan fingerprint density at radius 1 is 0.973 bits per heavy atom. The Kier molecular flexibility index (Phi) is 8.13. The van der Waals surface area contributed by atoms with Crippen molar-refractivity contribution in [3.05, 3.63) is 65.7 Å². The molecule has 1 atom stereocenters. The minimum Gasteiger partial charge on any atom is -0.483 e. The van der Waals surface area contributed by atoms with E-state index in [2.05, 4.69) is 29.7 Å². The van der Waals surface area contributed by atoms with Crippen LogP contribution in [0.5, 0.6) is 11.5 Å². The first kappa shape index (κ1) is 27.5. The zero-order chi connectivity index (χ0) is 27.4. The topological polar surface area (TPSA) is 86.2 Å². The van der Waals surface area contributed by atoms with Gasteiger partial charge in [-0.25, -0.2) is 0 Å². The Morgan fingerprint density at radius 3 is 2.27 bits per heavy atom. The van der Waals surface area contributed by atoms with Crippen molar-refractivity contribution in [2.24, 2.45) is 0 Å². The number of rotatable bonds is 8. The van der Waals surface area contributed by atoms with Crippen LogP contribution in [0.4, 0.5) is 35.1 Å². The van der Waals surface area contributed by atoms with Crippen LogP contribution in [0, 0.1) is 0 Å². The molecule has 37 heavy (non-hydrogen) atoms.